The molecule has 0 aromatic heterocycles. The molecule has 0 unspecified atom stereocenters. The van der Waals surface area contributed by atoms with E-state index in [9.17, 15) is 4.79 Å². The van der Waals surface area contributed by atoms with Gasteiger partial charge >= 0.3 is 5.97 Å². The summed E-state index contributed by atoms with van der Waals surface area (Å²) in [6.45, 7) is 16.7. The maximum absolute atomic E-state index is 12.6. The van der Waals surface area contributed by atoms with E-state index in [4.69, 9.17) is 23.4 Å². The van der Waals surface area contributed by atoms with Crippen molar-refractivity contribution in [2.75, 3.05) is 40.8 Å². The first-order valence-corrected chi connectivity index (χ1v) is 12.9. The van der Waals surface area contributed by atoms with Crippen LogP contribution in [0, 0.1) is 5.41 Å². The molecule has 0 aromatic carbocycles. The molecular weight excluding hydrogens is 376 g/mol. The van der Waals surface area contributed by atoms with Crippen molar-refractivity contribution >= 4 is 14.3 Å². The van der Waals surface area contributed by atoms with Crippen LogP contribution in [0.15, 0.2) is 11.1 Å². The van der Waals surface area contributed by atoms with Gasteiger partial charge in [0.1, 0.15) is 6.79 Å². The van der Waals surface area contributed by atoms with Crippen LogP contribution >= 0.6 is 0 Å². The van der Waals surface area contributed by atoms with Crippen molar-refractivity contribution < 1.29 is 28.2 Å². The summed E-state index contributed by atoms with van der Waals surface area (Å²) in [4.78, 5) is 12.6. The van der Waals surface area contributed by atoms with E-state index in [1.165, 1.54) is 7.11 Å². The fourth-order valence-electron chi connectivity index (χ4n) is 3.35. The lowest BCUT2D eigenvalue weighted by molar-refractivity contribution is -0.142. The van der Waals surface area contributed by atoms with Crippen molar-refractivity contribution in [1.29, 1.82) is 0 Å². The summed E-state index contributed by atoms with van der Waals surface area (Å²) in [5.74, 6) is -0.299. The number of rotatable bonds is 10. The largest absolute Gasteiger partial charge is 0.466 e. The van der Waals surface area contributed by atoms with Crippen LogP contribution in [-0.4, -0.2) is 61.2 Å². The zero-order chi connectivity index (χ0) is 21.6. The van der Waals surface area contributed by atoms with Gasteiger partial charge < -0.3 is 23.4 Å². The van der Waals surface area contributed by atoms with Gasteiger partial charge in [-0.05, 0) is 37.9 Å². The molecule has 0 bridgehead atoms. The lowest BCUT2D eigenvalue weighted by Crippen LogP contribution is -2.53. The highest BCUT2D eigenvalue weighted by Gasteiger charge is 2.50. The Balaban J connectivity index is 3.08. The summed E-state index contributed by atoms with van der Waals surface area (Å²) in [6, 6.07) is 0. The number of methoxy groups -OCH3 is 2. The van der Waals surface area contributed by atoms with Crippen molar-refractivity contribution in [3.63, 3.8) is 0 Å². The lowest BCUT2D eigenvalue weighted by atomic mass is 9.69. The first kappa shape index (κ1) is 25.3. The molecule has 6 nitrogen and oxygen atoms in total. The third-order valence-electron chi connectivity index (χ3n) is 6.12. The molecule has 0 spiro atoms. The van der Waals surface area contributed by atoms with Crippen molar-refractivity contribution in [3.05, 3.63) is 11.1 Å². The van der Waals surface area contributed by atoms with Gasteiger partial charge in [0.15, 0.2) is 8.32 Å². The number of carbonyl (C=O) groups is 1. The molecule has 0 radical (unpaired) electrons. The lowest BCUT2D eigenvalue weighted by Gasteiger charge is -2.48. The normalized spacial score (nSPS) is 23.8. The zero-order valence-corrected chi connectivity index (χ0v) is 20.3. The van der Waals surface area contributed by atoms with Crippen LogP contribution in [0.4, 0.5) is 0 Å². The van der Waals surface area contributed by atoms with Crippen LogP contribution in [0.25, 0.3) is 0 Å². The predicted molar refractivity (Wildman–Crippen MR) is 113 cm³/mol. The van der Waals surface area contributed by atoms with Gasteiger partial charge in [0, 0.05) is 18.1 Å². The summed E-state index contributed by atoms with van der Waals surface area (Å²) in [6.07, 6.45) is 1.58. The molecule has 0 saturated carbocycles. The molecule has 0 saturated heterocycles. The highest BCUT2D eigenvalue weighted by molar-refractivity contribution is 6.74. The van der Waals surface area contributed by atoms with Crippen LogP contribution < -0.4 is 0 Å². The Morgan fingerprint density at radius 2 is 1.82 bits per heavy atom. The summed E-state index contributed by atoms with van der Waals surface area (Å²) in [5.41, 5.74) is 1.14. The van der Waals surface area contributed by atoms with Crippen LogP contribution in [0.5, 0.6) is 0 Å². The van der Waals surface area contributed by atoms with Gasteiger partial charge in [-0.15, -0.1) is 0 Å². The second-order valence-corrected chi connectivity index (χ2v) is 14.1. The van der Waals surface area contributed by atoms with E-state index in [2.05, 4.69) is 40.8 Å². The molecule has 28 heavy (non-hydrogen) atoms. The number of hydrogen-bond acceptors (Lipinski definition) is 6. The SMILES string of the molecule is COCCOCOC[C@@]1(C)C(C(=O)OC)=C(C)CC[C@@H]1O[Si](C)(C)C(C)(C)C. The van der Waals surface area contributed by atoms with Gasteiger partial charge in [-0.2, -0.15) is 0 Å². The van der Waals surface area contributed by atoms with E-state index < -0.39 is 13.7 Å². The van der Waals surface area contributed by atoms with Gasteiger partial charge in [0.05, 0.1) is 33.0 Å². The van der Waals surface area contributed by atoms with E-state index in [1.807, 2.05) is 6.92 Å². The molecule has 0 aromatic rings. The Morgan fingerprint density at radius 3 is 2.36 bits per heavy atom. The topological polar surface area (TPSA) is 63.2 Å². The number of ether oxygens (including phenoxy) is 4. The molecular formula is C21H40O6Si. The summed E-state index contributed by atoms with van der Waals surface area (Å²) < 4.78 is 28.2. The van der Waals surface area contributed by atoms with Gasteiger partial charge in [0.2, 0.25) is 0 Å². The fourth-order valence-corrected chi connectivity index (χ4v) is 4.79. The van der Waals surface area contributed by atoms with Crippen LogP contribution in [0.1, 0.15) is 47.5 Å². The highest BCUT2D eigenvalue weighted by atomic mass is 28.4. The van der Waals surface area contributed by atoms with Crippen LogP contribution in [0.2, 0.25) is 18.1 Å². The standard InChI is InChI=1S/C21H40O6Si/c1-16-10-11-17(27-28(8,9)20(2,3)4)21(5,18(16)19(22)24-7)14-26-15-25-13-12-23-6/h17H,10-15H2,1-9H3/t17-,21+/m0/s1. The maximum atomic E-state index is 12.6. The minimum Gasteiger partial charge on any atom is -0.466 e. The Labute approximate surface area is 172 Å². The molecule has 0 N–H and O–H groups in total. The summed E-state index contributed by atoms with van der Waals surface area (Å²) in [7, 11) is 1.04. The third-order valence-corrected chi connectivity index (χ3v) is 10.6. The number of carbonyl (C=O) groups excluding carboxylic acids is 1. The summed E-state index contributed by atoms with van der Waals surface area (Å²) >= 11 is 0. The number of allylic oxidation sites excluding steroid dienone is 1. The smallest absolute Gasteiger partial charge is 0.334 e. The first-order chi connectivity index (χ1) is 12.9. The molecule has 0 heterocycles. The molecule has 1 aliphatic carbocycles. The van der Waals surface area contributed by atoms with Crippen molar-refractivity contribution in [2.45, 2.75) is 71.7 Å². The van der Waals surface area contributed by atoms with Crippen molar-refractivity contribution in [2.24, 2.45) is 5.41 Å². The average Bonchev–Trinajstić information content (AvgIpc) is 2.59. The predicted octanol–water partition coefficient (Wildman–Crippen LogP) is 4.30. The molecule has 0 aliphatic heterocycles. The second-order valence-electron chi connectivity index (χ2n) is 9.34. The monoisotopic (exact) mass is 416 g/mol. The average molecular weight is 417 g/mol. The molecule has 2 atom stereocenters. The first-order valence-electron chi connectivity index (χ1n) is 10.0. The molecule has 164 valence electrons. The number of hydrogen-bond donors (Lipinski definition) is 0. The zero-order valence-electron chi connectivity index (χ0n) is 19.3. The number of esters is 1. The van der Waals surface area contributed by atoms with Gasteiger partial charge in [-0.1, -0.05) is 33.3 Å². The van der Waals surface area contributed by atoms with E-state index in [1.54, 1.807) is 7.11 Å². The quantitative estimate of drug-likeness (QED) is 0.229. The summed E-state index contributed by atoms with van der Waals surface area (Å²) in [5, 5.41) is 0.0830. The Hall–Kier alpha value is -0.733. The van der Waals surface area contributed by atoms with E-state index in [-0.39, 0.29) is 23.9 Å². The van der Waals surface area contributed by atoms with Gasteiger partial charge in [-0.25, -0.2) is 4.79 Å². The maximum Gasteiger partial charge on any atom is 0.334 e. The van der Waals surface area contributed by atoms with Crippen molar-refractivity contribution in [3.8, 4) is 0 Å². The Morgan fingerprint density at radius 1 is 1.18 bits per heavy atom. The minimum absolute atomic E-state index is 0.0830. The van der Waals surface area contributed by atoms with E-state index in [0.29, 0.717) is 25.4 Å². The third kappa shape index (κ3) is 6.13. The van der Waals surface area contributed by atoms with E-state index in [0.717, 1.165) is 18.4 Å². The van der Waals surface area contributed by atoms with E-state index >= 15 is 0 Å². The van der Waals surface area contributed by atoms with Gasteiger partial charge in [0.25, 0.3) is 0 Å². The van der Waals surface area contributed by atoms with Crippen LogP contribution in [0.3, 0.4) is 0 Å². The molecule has 0 amide bonds. The molecule has 1 rings (SSSR count). The molecule has 1 aliphatic rings. The minimum atomic E-state index is -2.02. The second kappa shape index (κ2) is 10.3. The molecule has 0 fully saturated rings. The van der Waals surface area contributed by atoms with Crippen LogP contribution in [-0.2, 0) is 28.2 Å². The highest BCUT2D eigenvalue weighted by Crippen LogP contribution is 2.47. The molecule has 7 heteroatoms. The Bertz CT molecular complexity index is 552. The Kier molecular flexibility index (Phi) is 9.35. The van der Waals surface area contributed by atoms with Crippen molar-refractivity contribution in [1.82, 2.24) is 0 Å². The van der Waals surface area contributed by atoms with Gasteiger partial charge in [-0.3, -0.25) is 0 Å². The fraction of sp³-hybridized carbons (Fsp3) is 0.857.